The van der Waals surface area contributed by atoms with Crippen LogP contribution in [-0.4, -0.2) is 18.2 Å². The smallest absolute Gasteiger partial charge is 0.342 e. The molecule has 1 aliphatic carbocycles. The lowest BCUT2D eigenvalue weighted by molar-refractivity contribution is -0.00645. The third-order valence-electron chi connectivity index (χ3n) is 6.24. The molecule has 1 atom stereocenters. The molecule has 1 saturated carbocycles. The first-order chi connectivity index (χ1) is 13.8. The summed E-state index contributed by atoms with van der Waals surface area (Å²) in [7, 11) is 0. The maximum absolute atomic E-state index is 13.3. The average molecular weight is 417 g/mol. The van der Waals surface area contributed by atoms with Gasteiger partial charge in [-0.05, 0) is 79.9 Å². The number of carbonyl (C=O) groups is 1. The van der Waals surface area contributed by atoms with Gasteiger partial charge >= 0.3 is 5.97 Å². The highest BCUT2D eigenvalue weighted by molar-refractivity contribution is 5.93. The number of hydrogen-bond acceptors (Lipinski definition) is 3. The molecule has 170 valence electrons. The van der Waals surface area contributed by atoms with Crippen molar-refractivity contribution in [2.24, 2.45) is 10.8 Å². The molecular weight excluding hydrogens is 372 g/mol. The predicted molar refractivity (Wildman–Crippen MR) is 125 cm³/mol. The topological polar surface area (TPSA) is 35.5 Å². The quantitative estimate of drug-likeness (QED) is 0.319. The van der Waals surface area contributed by atoms with Crippen molar-refractivity contribution in [1.82, 2.24) is 0 Å². The number of carbonyl (C=O) groups excluding carboxylic acids is 1. The van der Waals surface area contributed by atoms with E-state index in [0.29, 0.717) is 23.8 Å². The third-order valence-corrected chi connectivity index (χ3v) is 6.24. The van der Waals surface area contributed by atoms with Crippen molar-refractivity contribution in [1.29, 1.82) is 0 Å². The molecule has 1 aliphatic rings. The number of unbranched alkanes of at least 4 members (excludes halogenated alkanes) is 1. The van der Waals surface area contributed by atoms with Crippen molar-refractivity contribution in [3.63, 3.8) is 0 Å². The lowest BCUT2D eigenvalue weighted by Gasteiger charge is -2.36. The van der Waals surface area contributed by atoms with Gasteiger partial charge < -0.3 is 9.47 Å². The molecular formula is C27H44O3. The highest BCUT2D eigenvalue weighted by Crippen LogP contribution is 2.44. The molecule has 1 aromatic rings. The molecule has 0 N–H and O–H groups in total. The summed E-state index contributed by atoms with van der Waals surface area (Å²) in [6.45, 7) is 18.5. The van der Waals surface area contributed by atoms with E-state index in [0.717, 1.165) is 44.9 Å². The number of ether oxygens (including phenoxy) is 2. The molecule has 3 nitrogen and oxygen atoms in total. The summed E-state index contributed by atoms with van der Waals surface area (Å²) < 4.78 is 12.1. The van der Waals surface area contributed by atoms with Gasteiger partial charge in [-0.1, -0.05) is 61.0 Å². The lowest BCUT2D eigenvalue weighted by atomic mass is 9.69. The fourth-order valence-corrected chi connectivity index (χ4v) is 4.42. The van der Waals surface area contributed by atoms with E-state index in [1.54, 1.807) is 0 Å². The molecule has 0 aliphatic heterocycles. The van der Waals surface area contributed by atoms with Crippen molar-refractivity contribution in [2.45, 2.75) is 112 Å². The minimum Gasteiger partial charge on any atom is -0.493 e. The minimum atomic E-state index is -0.345. The first kappa shape index (κ1) is 24.8. The monoisotopic (exact) mass is 416 g/mol. The second kappa shape index (κ2) is 9.75. The van der Waals surface area contributed by atoms with Gasteiger partial charge in [0, 0.05) is 0 Å². The normalized spacial score (nSPS) is 17.6. The molecule has 1 unspecified atom stereocenters. The number of rotatable bonds is 8. The Morgan fingerprint density at radius 3 is 2.27 bits per heavy atom. The van der Waals surface area contributed by atoms with E-state index in [1.807, 2.05) is 12.1 Å². The van der Waals surface area contributed by atoms with E-state index in [2.05, 4.69) is 61.5 Å². The Labute approximate surface area is 184 Å². The van der Waals surface area contributed by atoms with E-state index >= 15 is 0 Å². The van der Waals surface area contributed by atoms with Gasteiger partial charge in [0.2, 0.25) is 0 Å². The van der Waals surface area contributed by atoms with Gasteiger partial charge in [-0.3, -0.25) is 0 Å². The summed E-state index contributed by atoms with van der Waals surface area (Å²) >= 11 is 0. The molecule has 3 heteroatoms. The van der Waals surface area contributed by atoms with Gasteiger partial charge in [0.1, 0.15) is 16.9 Å². The summed E-state index contributed by atoms with van der Waals surface area (Å²) in [4.78, 5) is 13.3. The van der Waals surface area contributed by atoms with Crippen molar-refractivity contribution in [3.05, 3.63) is 29.3 Å². The standard InChI is InChI=1S/C27H44O3/c1-9-10-17-29-23-14-13-20(22(26(5,6)7)19-25(2,3)4)18-21(23)24(28)30-27(8)15-11-12-16-27/h13-14,18,22H,9-12,15-17,19H2,1-8H3. The Kier molecular flexibility index (Phi) is 8.04. The fourth-order valence-electron chi connectivity index (χ4n) is 4.42. The van der Waals surface area contributed by atoms with Crippen LogP contribution in [0.25, 0.3) is 0 Å². The Hall–Kier alpha value is -1.51. The first-order valence-electron chi connectivity index (χ1n) is 11.8. The van der Waals surface area contributed by atoms with E-state index in [1.165, 1.54) is 5.56 Å². The summed E-state index contributed by atoms with van der Waals surface area (Å²) in [6, 6.07) is 6.18. The Morgan fingerprint density at radius 2 is 1.73 bits per heavy atom. The molecule has 30 heavy (non-hydrogen) atoms. The lowest BCUT2D eigenvalue weighted by Crippen LogP contribution is -2.29. The number of esters is 1. The molecule has 0 spiro atoms. The zero-order chi connectivity index (χ0) is 22.6. The molecule has 0 heterocycles. The van der Waals surface area contributed by atoms with E-state index in [-0.39, 0.29) is 22.4 Å². The Morgan fingerprint density at radius 1 is 1.10 bits per heavy atom. The first-order valence-corrected chi connectivity index (χ1v) is 11.8. The van der Waals surface area contributed by atoms with Crippen molar-refractivity contribution in [2.75, 3.05) is 6.61 Å². The molecule has 1 fully saturated rings. The van der Waals surface area contributed by atoms with Crippen LogP contribution in [0.3, 0.4) is 0 Å². The van der Waals surface area contributed by atoms with E-state index in [9.17, 15) is 4.79 Å². The second-order valence-corrected chi connectivity index (χ2v) is 11.7. The van der Waals surface area contributed by atoms with Crippen LogP contribution in [0.1, 0.15) is 122 Å². The maximum Gasteiger partial charge on any atom is 0.342 e. The van der Waals surface area contributed by atoms with Gasteiger partial charge in [0.15, 0.2) is 0 Å². The van der Waals surface area contributed by atoms with Crippen LogP contribution in [0.15, 0.2) is 18.2 Å². The molecule has 1 aromatic carbocycles. The SMILES string of the molecule is CCCCOc1ccc(C(CC(C)(C)C)C(C)(C)C)cc1C(=O)OC1(C)CCCC1. The van der Waals surface area contributed by atoms with Gasteiger partial charge in [-0.2, -0.15) is 0 Å². The van der Waals surface area contributed by atoms with Crippen molar-refractivity contribution < 1.29 is 14.3 Å². The highest BCUT2D eigenvalue weighted by Gasteiger charge is 2.35. The van der Waals surface area contributed by atoms with Crippen LogP contribution in [0, 0.1) is 10.8 Å². The molecule has 0 radical (unpaired) electrons. The largest absolute Gasteiger partial charge is 0.493 e. The second-order valence-electron chi connectivity index (χ2n) is 11.7. The number of benzene rings is 1. The van der Waals surface area contributed by atoms with Gasteiger partial charge in [-0.25, -0.2) is 4.79 Å². The Bertz CT molecular complexity index is 700. The molecule has 0 bridgehead atoms. The fraction of sp³-hybridized carbons (Fsp3) is 0.741. The van der Waals surface area contributed by atoms with Crippen LogP contribution in [0.2, 0.25) is 0 Å². The third kappa shape index (κ3) is 7.03. The Balaban J connectivity index is 2.40. The van der Waals surface area contributed by atoms with Crippen molar-refractivity contribution in [3.8, 4) is 5.75 Å². The zero-order valence-electron chi connectivity index (χ0n) is 20.7. The van der Waals surface area contributed by atoms with Crippen LogP contribution >= 0.6 is 0 Å². The molecule has 0 amide bonds. The van der Waals surface area contributed by atoms with Gasteiger partial charge in [0.05, 0.1) is 6.61 Å². The summed E-state index contributed by atoms with van der Waals surface area (Å²) in [6.07, 6.45) is 7.23. The van der Waals surface area contributed by atoms with E-state index in [4.69, 9.17) is 9.47 Å². The van der Waals surface area contributed by atoms with Crippen molar-refractivity contribution >= 4 is 5.97 Å². The van der Waals surface area contributed by atoms with Gasteiger partial charge in [-0.15, -0.1) is 0 Å². The van der Waals surface area contributed by atoms with E-state index < -0.39 is 0 Å². The maximum atomic E-state index is 13.3. The summed E-state index contributed by atoms with van der Waals surface area (Å²) in [5, 5.41) is 0. The van der Waals surface area contributed by atoms with Crippen LogP contribution < -0.4 is 4.74 Å². The van der Waals surface area contributed by atoms with Gasteiger partial charge in [0.25, 0.3) is 0 Å². The van der Waals surface area contributed by atoms with Crippen LogP contribution in [-0.2, 0) is 4.74 Å². The van der Waals surface area contributed by atoms with Crippen LogP contribution in [0.4, 0.5) is 0 Å². The zero-order valence-corrected chi connectivity index (χ0v) is 20.7. The molecule has 0 saturated heterocycles. The highest BCUT2D eigenvalue weighted by atomic mass is 16.6. The van der Waals surface area contributed by atoms with Crippen LogP contribution in [0.5, 0.6) is 5.75 Å². The average Bonchev–Trinajstić information content (AvgIpc) is 3.04. The molecule has 2 rings (SSSR count). The molecule has 0 aromatic heterocycles. The minimum absolute atomic E-state index is 0.0937. The predicted octanol–water partition coefficient (Wildman–Crippen LogP) is 7.92. The summed E-state index contributed by atoms with van der Waals surface area (Å²) in [5.41, 5.74) is 1.73. The summed E-state index contributed by atoms with van der Waals surface area (Å²) in [5.74, 6) is 0.759. The number of hydrogen-bond donors (Lipinski definition) is 0.